The van der Waals surface area contributed by atoms with E-state index in [0.29, 0.717) is 21.9 Å². The highest BCUT2D eigenvalue weighted by atomic mass is 35.5. The molecule has 0 aliphatic carbocycles. The van der Waals surface area contributed by atoms with Crippen LogP contribution in [-0.4, -0.2) is 11.0 Å². The smallest absolute Gasteiger partial charge is 0.229 e. The van der Waals surface area contributed by atoms with E-state index in [1.807, 2.05) is 0 Å². The van der Waals surface area contributed by atoms with Crippen LogP contribution in [0.15, 0.2) is 47.1 Å². The Labute approximate surface area is 157 Å². The molecule has 134 valence electrons. The van der Waals surface area contributed by atoms with Gasteiger partial charge in [-0.3, -0.25) is 0 Å². The van der Waals surface area contributed by atoms with Crippen molar-refractivity contribution in [3.63, 3.8) is 0 Å². The predicted octanol–water partition coefficient (Wildman–Crippen LogP) is 3.66. The molecule has 0 unspecified atom stereocenters. The van der Waals surface area contributed by atoms with E-state index in [9.17, 15) is 14.3 Å². The highest BCUT2D eigenvalue weighted by Crippen LogP contribution is 2.33. The van der Waals surface area contributed by atoms with Gasteiger partial charge >= 0.3 is 0 Å². The van der Waals surface area contributed by atoms with Gasteiger partial charge in [0, 0.05) is 23.0 Å². The molecular formula is C18H11Cl2FNO4-. The first-order chi connectivity index (χ1) is 12.4. The first kappa shape index (κ1) is 18.2. The molecule has 0 fully saturated rings. The van der Waals surface area contributed by atoms with Crippen LogP contribution in [0.25, 0.3) is 11.5 Å². The molecule has 0 atom stereocenters. The Morgan fingerprint density at radius 1 is 1.23 bits per heavy atom. The molecule has 0 amide bonds. The van der Waals surface area contributed by atoms with Gasteiger partial charge in [0.1, 0.15) is 24.4 Å². The normalized spacial score (nSPS) is 10.7. The predicted molar refractivity (Wildman–Crippen MR) is 91.4 cm³/mol. The van der Waals surface area contributed by atoms with E-state index in [4.69, 9.17) is 32.4 Å². The van der Waals surface area contributed by atoms with Crippen LogP contribution in [0.2, 0.25) is 10.0 Å². The van der Waals surface area contributed by atoms with E-state index in [-0.39, 0.29) is 29.6 Å². The number of aliphatic carboxylic acids is 1. The van der Waals surface area contributed by atoms with Crippen molar-refractivity contribution in [2.45, 2.75) is 13.0 Å². The molecule has 8 heteroatoms. The quantitative estimate of drug-likeness (QED) is 0.637. The molecule has 0 saturated heterocycles. The Morgan fingerprint density at radius 3 is 2.77 bits per heavy atom. The molecule has 3 aromatic rings. The van der Waals surface area contributed by atoms with Gasteiger partial charge in [0.15, 0.2) is 0 Å². The second-order valence-corrected chi connectivity index (χ2v) is 6.20. The number of ether oxygens (including phenoxy) is 1. The Bertz CT molecular complexity index is 958. The zero-order valence-electron chi connectivity index (χ0n) is 13.2. The van der Waals surface area contributed by atoms with Crippen molar-refractivity contribution in [1.82, 2.24) is 4.98 Å². The van der Waals surface area contributed by atoms with Crippen molar-refractivity contribution in [1.29, 1.82) is 0 Å². The Kier molecular flexibility index (Phi) is 5.44. The molecule has 26 heavy (non-hydrogen) atoms. The average Bonchev–Trinajstić information content (AvgIpc) is 3.02. The lowest BCUT2D eigenvalue weighted by Gasteiger charge is -2.11. The number of carbonyl (C=O) groups excluding carboxylic acids is 1. The zero-order valence-corrected chi connectivity index (χ0v) is 14.7. The van der Waals surface area contributed by atoms with Gasteiger partial charge in [-0.25, -0.2) is 9.37 Å². The second kappa shape index (κ2) is 7.76. The maximum atomic E-state index is 13.1. The molecule has 0 bridgehead atoms. The van der Waals surface area contributed by atoms with Crippen molar-refractivity contribution < 1.29 is 23.4 Å². The zero-order chi connectivity index (χ0) is 18.7. The number of carbonyl (C=O) groups is 1. The van der Waals surface area contributed by atoms with E-state index < -0.39 is 11.8 Å². The van der Waals surface area contributed by atoms with Crippen molar-refractivity contribution in [3.05, 3.63) is 69.8 Å². The summed E-state index contributed by atoms with van der Waals surface area (Å²) in [5.74, 6) is -1.15. The first-order valence-corrected chi connectivity index (χ1v) is 8.19. The summed E-state index contributed by atoms with van der Waals surface area (Å²) in [6, 6.07) is 8.83. The topological polar surface area (TPSA) is 75.4 Å². The maximum Gasteiger partial charge on any atom is 0.229 e. The third-order valence-electron chi connectivity index (χ3n) is 3.45. The Balaban J connectivity index is 1.86. The molecule has 3 rings (SSSR count). The number of hydrogen-bond acceptors (Lipinski definition) is 5. The number of benzene rings is 2. The minimum Gasteiger partial charge on any atom is -0.550 e. The number of carboxylic acids is 1. The summed E-state index contributed by atoms with van der Waals surface area (Å²) >= 11 is 12.0. The summed E-state index contributed by atoms with van der Waals surface area (Å²) in [4.78, 5) is 14.8. The number of aromatic nitrogens is 1. The van der Waals surface area contributed by atoms with Gasteiger partial charge in [-0.15, -0.1) is 0 Å². The number of hydrogen-bond donors (Lipinski definition) is 0. The summed E-state index contributed by atoms with van der Waals surface area (Å²) < 4.78 is 24.2. The SMILES string of the molecule is O=C([O-])Cc1coc(-c2cc(Cl)ccc2OCc2ccc(F)cc2Cl)n1. The molecule has 0 aliphatic heterocycles. The van der Waals surface area contributed by atoms with E-state index in [0.717, 1.165) is 0 Å². The van der Waals surface area contributed by atoms with Crippen LogP contribution in [0.4, 0.5) is 4.39 Å². The fraction of sp³-hybridized carbons (Fsp3) is 0.111. The van der Waals surface area contributed by atoms with Gasteiger partial charge in [-0.2, -0.15) is 0 Å². The van der Waals surface area contributed by atoms with Crippen LogP contribution >= 0.6 is 23.2 Å². The minimum atomic E-state index is -1.27. The summed E-state index contributed by atoms with van der Waals surface area (Å²) in [7, 11) is 0. The molecule has 1 heterocycles. The van der Waals surface area contributed by atoms with E-state index >= 15 is 0 Å². The van der Waals surface area contributed by atoms with Gasteiger partial charge in [-0.05, 0) is 30.3 Å². The van der Waals surface area contributed by atoms with E-state index in [1.165, 1.54) is 24.5 Å². The molecule has 0 spiro atoms. The Morgan fingerprint density at radius 2 is 2.04 bits per heavy atom. The maximum absolute atomic E-state index is 13.1. The number of carboxylic acid groups (broad SMARTS) is 1. The van der Waals surface area contributed by atoms with Gasteiger partial charge in [0.05, 0.1) is 16.3 Å². The third-order valence-corrected chi connectivity index (χ3v) is 4.03. The van der Waals surface area contributed by atoms with Crippen LogP contribution < -0.4 is 9.84 Å². The molecule has 0 radical (unpaired) electrons. The molecule has 2 aromatic carbocycles. The summed E-state index contributed by atoms with van der Waals surface area (Å²) in [5.41, 5.74) is 1.26. The van der Waals surface area contributed by atoms with Gasteiger partial charge in [0.2, 0.25) is 5.89 Å². The summed E-state index contributed by atoms with van der Waals surface area (Å²) in [5, 5.41) is 11.3. The number of halogens is 3. The minimum absolute atomic E-state index is 0.0837. The lowest BCUT2D eigenvalue weighted by molar-refractivity contribution is -0.304. The van der Waals surface area contributed by atoms with Crippen LogP contribution in [-0.2, 0) is 17.8 Å². The van der Waals surface area contributed by atoms with Crippen LogP contribution in [0.1, 0.15) is 11.3 Å². The number of nitrogens with zero attached hydrogens (tertiary/aromatic N) is 1. The lowest BCUT2D eigenvalue weighted by Crippen LogP contribution is -2.24. The van der Waals surface area contributed by atoms with Crippen molar-refractivity contribution in [2.75, 3.05) is 0 Å². The van der Waals surface area contributed by atoms with Crippen LogP contribution in [0, 0.1) is 5.82 Å². The number of oxazole rings is 1. The van der Waals surface area contributed by atoms with Crippen LogP contribution in [0.3, 0.4) is 0 Å². The fourth-order valence-electron chi connectivity index (χ4n) is 2.25. The second-order valence-electron chi connectivity index (χ2n) is 5.36. The molecule has 0 N–H and O–H groups in total. The first-order valence-electron chi connectivity index (χ1n) is 7.43. The number of rotatable bonds is 6. The van der Waals surface area contributed by atoms with E-state index in [2.05, 4.69) is 4.98 Å². The highest BCUT2D eigenvalue weighted by Gasteiger charge is 2.14. The lowest BCUT2D eigenvalue weighted by atomic mass is 10.2. The third kappa shape index (κ3) is 4.33. The highest BCUT2D eigenvalue weighted by molar-refractivity contribution is 6.31. The largest absolute Gasteiger partial charge is 0.550 e. The molecule has 0 saturated carbocycles. The van der Waals surface area contributed by atoms with Gasteiger partial charge in [-0.1, -0.05) is 29.3 Å². The standard InChI is InChI=1S/C18H12Cl2FNO4/c19-11-2-4-16(25-8-10-1-3-12(21)6-15(10)20)14(5-11)18-22-13(9-26-18)7-17(23)24/h1-6,9H,7-8H2,(H,23,24)/p-1. The van der Waals surface area contributed by atoms with Crippen molar-refractivity contribution in [3.8, 4) is 17.2 Å². The monoisotopic (exact) mass is 394 g/mol. The fourth-order valence-corrected chi connectivity index (χ4v) is 2.64. The molecule has 0 aliphatic rings. The average molecular weight is 395 g/mol. The molecular weight excluding hydrogens is 384 g/mol. The van der Waals surface area contributed by atoms with Crippen molar-refractivity contribution in [2.24, 2.45) is 0 Å². The van der Waals surface area contributed by atoms with Gasteiger partial charge in [0.25, 0.3) is 0 Å². The summed E-state index contributed by atoms with van der Waals surface area (Å²) in [6.07, 6.45) is 0.859. The molecule has 1 aromatic heterocycles. The van der Waals surface area contributed by atoms with E-state index in [1.54, 1.807) is 18.2 Å². The van der Waals surface area contributed by atoms with Crippen molar-refractivity contribution >= 4 is 29.2 Å². The summed E-state index contributed by atoms with van der Waals surface area (Å²) in [6.45, 7) is 0.0837. The van der Waals surface area contributed by atoms with Gasteiger partial charge < -0.3 is 19.1 Å². The Hall–Kier alpha value is -2.57. The molecule has 5 nitrogen and oxygen atoms in total. The van der Waals surface area contributed by atoms with Crippen LogP contribution in [0.5, 0.6) is 5.75 Å².